The zero-order valence-corrected chi connectivity index (χ0v) is 12.9. The number of hydrogen-bond acceptors (Lipinski definition) is 6. The molecule has 20 heavy (non-hydrogen) atoms. The third kappa shape index (κ3) is 5.75. The Hall–Kier alpha value is -1.34. The molecule has 1 aliphatic heterocycles. The van der Waals surface area contributed by atoms with Gasteiger partial charge in [0.25, 0.3) is 0 Å². The first-order valence-electron chi connectivity index (χ1n) is 6.66. The smallest absolute Gasteiger partial charge is 0.410 e. The van der Waals surface area contributed by atoms with E-state index in [9.17, 15) is 4.79 Å². The minimum atomic E-state index is -0.490. The van der Waals surface area contributed by atoms with E-state index in [1.165, 1.54) is 0 Å². The van der Waals surface area contributed by atoms with E-state index in [-0.39, 0.29) is 12.4 Å². The zero-order valence-electron chi connectivity index (χ0n) is 12.9. The summed E-state index contributed by atoms with van der Waals surface area (Å²) in [7, 11) is 3.15. The third-order valence-electron chi connectivity index (χ3n) is 2.66. The van der Waals surface area contributed by atoms with E-state index in [0.717, 1.165) is 5.84 Å². The van der Waals surface area contributed by atoms with Crippen LogP contribution in [0.2, 0.25) is 0 Å². The summed E-state index contributed by atoms with van der Waals surface area (Å²) in [5.41, 5.74) is -0.490. The van der Waals surface area contributed by atoms with Crippen molar-refractivity contribution in [2.45, 2.75) is 32.7 Å². The van der Waals surface area contributed by atoms with E-state index in [0.29, 0.717) is 26.2 Å². The van der Waals surface area contributed by atoms with Gasteiger partial charge in [-0.25, -0.2) is 4.79 Å². The number of methoxy groups -OCH3 is 2. The number of rotatable bonds is 4. The number of aliphatic imine (C=N–C) groups is 1. The van der Waals surface area contributed by atoms with Gasteiger partial charge in [-0.2, -0.15) is 0 Å². The van der Waals surface area contributed by atoms with Crippen LogP contribution in [0.1, 0.15) is 20.8 Å². The van der Waals surface area contributed by atoms with Crippen LogP contribution in [0, 0.1) is 0 Å². The van der Waals surface area contributed by atoms with Crippen LogP contribution < -0.4 is 5.32 Å². The lowest BCUT2D eigenvalue weighted by Crippen LogP contribution is -2.48. The van der Waals surface area contributed by atoms with Gasteiger partial charge in [0.1, 0.15) is 11.4 Å². The molecule has 7 nitrogen and oxygen atoms in total. The maximum Gasteiger partial charge on any atom is 0.410 e. The van der Waals surface area contributed by atoms with Gasteiger partial charge in [0.05, 0.1) is 19.6 Å². The molecular formula is C13H25N3O4. The molecule has 116 valence electrons. The van der Waals surface area contributed by atoms with E-state index in [1.807, 2.05) is 20.8 Å². The van der Waals surface area contributed by atoms with Crippen molar-refractivity contribution >= 4 is 11.9 Å². The summed E-state index contributed by atoms with van der Waals surface area (Å²) in [4.78, 5) is 18.0. The number of nitrogens with one attached hydrogen (secondary N) is 1. The maximum absolute atomic E-state index is 12.0. The van der Waals surface area contributed by atoms with Gasteiger partial charge in [0, 0.05) is 20.8 Å². The molecule has 1 heterocycles. The molecule has 1 N–H and O–H groups in total. The second-order valence-electron chi connectivity index (χ2n) is 5.51. The quantitative estimate of drug-likeness (QED) is 0.776. The fourth-order valence-electron chi connectivity index (χ4n) is 1.67. The van der Waals surface area contributed by atoms with Gasteiger partial charge >= 0.3 is 6.09 Å². The molecule has 0 aliphatic carbocycles. The highest BCUT2D eigenvalue weighted by Gasteiger charge is 2.25. The molecule has 7 heteroatoms. The number of amidine groups is 1. The van der Waals surface area contributed by atoms with Gasteiger partial charge in [0.15, 0.2) is 6.29 Å². The van der Waals surface area contributed by atoms with Crippen LogP contribution >= 0.6 is 0 Å². The molecule has 1 rings (SSSR count). The average Bonchev–Trinajstić information content (AvgIpc) is 2.38. The SMILES string of the molecule is COC(CNC1=NCCN(C(=O)OC(C)(C)C)C1)OC. The Morgan fingerprint density at radius 1 is 1.40 bits per heavy atom. The van der Waals surface area contributed by atoms with E-state index in [1.54, 1.807) is 19.1 Å². The molecule has 0 spiro atoms. The van der Waals surface area contributed by atoms with Crippen LogP contribution in [-0.2, 0) is 14.2 Å². The highest BCUT2D eigenvalue weighted by molar-refractivity contribution is 5.87. The first-order chi connectivity index (χ1) is 9.35. The Labute approximate surface area is 120 Å². The molecule has 0 aromatic rings. The Balaban J connectivity index is 2.45. The topological polar surface area (TPSA) is 72.4 Å². The molecule has 0 atom stereocenters. The van der Waals surface area contributed by atoms with Crippen molar-refractivity contribution in [3.05, 3.63) is 0 Å². The van der Waals surface area contributed by atoms with Crippen molar-refractivity contribution in [3.8, 4) is 0 Å². The lowest BCUT2D eigenvalue weighted by Gasteiger charge is -2.30. The molecule has 0 unspecified atom stereocenters. The van der Waals surface area contributed by atoms with Gasteiger partial charge in [-0.05, 0) is 20.8 Å². The molecule has 0 bridgehead atoms. The van der Waals surface area contributed by atoms with Crippen molar-refractivity contribution in [2.75, 3.05) is 40.4 Å². The Morgan fingerprint density at radius 2 is 2.05 bits per heavy atom. The number of carbonyl (C=O) groups is 1. The summed E-state index contributed by atoms with van der Waals surface area (Å²) >= 11 is 0. The maximum atomic E-state index is 12.0. The summed E-state index contributed by atoms with van der Waals surface area (Å²) in [5.74, 6) is 0.737. The first-order valence-corrected chi connectivity index (χ1v) is 6.66. The monoisotopic (exact) mass is 287 g/mol. The van der Waals surface area contributed by atoms with Crippen molar-refractivity contribution in [2.24, 2.45) is 4.99 Å². The number of hydrogen-bond donors (Lipinski definition) is 1. The summed E-state index contributed by atoms with van der Waals surface area (Å²) in [6, 6.07) is 0. The van der Waals surface area contributed by atoms with E-state index in [4.69, 9.17) is 14.2 Å². The third-order valence-corrected chi connectivity index (χ3v) is 2.66. The largest absolute Gasteiger partial charge is 0.444 e. The van der Waals surface area contributed by atoms with Gasteiger partial charge in [-0.15, -0.1) is 0 Å². The summed E-state index contributed by atoms with van der Waals surface area (Å²) in [6.45, 7) is 7.57. The minimum Gasteiger partial charge on any atom is -0.444 e. The van der Waals surface area contributed by atoms with E-state index >= 15 is 0 Å². The summed E-state index contributed by atoms with van der Waals surface area (Å²) < 4.78 is 15.5. The van der Waals surface area contributed by atoms with E-state index in [2.05, 4.69) is 10.3 Å². The fourth-order valence-corrected chi connectivity index (χ4v) is 1.67. The van der Waals surface area contributed by atoms with Crippen molar-refractivity contribution < 1.29 is 19.0 Å². The first kappa shape index (κ1) is 16.7. The molecule has 0 saturated heterocycles. The van der Waals surface area contributed by atoms with Crippen molar-refractivity contribution in [1.82, 2.24) is 10.2 Å². The molecule has 0 fully saturated rings. The predicted octanol–water partition coefficient (Wildman–Crippen LogP) is 0.844. The number of carbonyl (C=O) groups excluding carboxylic acids is 1. The lowest BCUT2D eigenvalue weighted by atomic mass is 10.2. The zero-order chi connectivity index (χ0) is 15.2. The highest BCUT2D eigenvalue weighted by atomic mass is 16.7. The normalized spacial score (nSPS) is 16.1. The molecule has 1 aliphatic rings. The standard InChI is InChI=1S/C13H25N3O4/c1-13(2,3)20-12(17)16-7-6-14-10(9-16)15-8-11(18-4)19-5/h11H,6-9H2,1-5H3,(H,14,15). The van der Waals surface area contributed by atoms with Gasteiger partial charge in [-0.1, -0.05) is 0 Å². The Kier molecular flexibility index (Phi) is 6.22. The number of amides is 1. The molecule has 0 aromatic carbocycles. The molecule has 0 aromatic heterocycles. The predicted molar refractivity (Wildman–Crippen MR) is 75.9 cm³/mol. The second kappa shape index (κ2) is 7.44. The lowest BCUT2D eigenvalue weighted by molar-refractivity contribution is -0.0966. The summed E-state index contributed by atoms with van der Waals surface area (Å²) in [5, 5.41) is 3.12. The van der Waals surface area contributed by atoms with Crippen LogP contribution in [0.15, 0.2) is 4.99 Å². The van der Waals surface area contributed by atoms with Gasteiger partial charge in [0.2, 0.25) is 0 Å². The number of ether oxygens (including phenoxy) is 3. The molecule has 0 saturated carbocycles. The highest BCUT2D eigenvalue weighted by Crippen LogP contribution is 2.10. The van der Waals surface area contributed by atoms with Crippen LogP contribution in [0.3, 0.4) is 0 Å². The van der Waals surface area contributed by atoms with Crippen LogP contribution in [0.5, 0.6) is 0 Å². The van der Waals surface area contributed by atoms with Crippen LogP contribution in [0.4, 0.5) is 4.79 Å². The molecule has 1 amide bonds. The van der Waals surface area contributed by atoms with Gasteiger partial charge in [-0.3, -0.25) is 9.89 Å². The average molecular weight is 287 g/mol. The summed E-state index contributed by atoms with van der Waals surface area (Å²) in [6.07, 6.45) is -0.656. The minimum absolute atomic E-state index is 0.318. The van der Waals surface area contributed by atoms with Crippen LogP contribution in [-0.4, -0.2) is 69.1 Å². The van der Waals surface area contributed by atoms with Crippen LogP contribution in [0.25, 0.3) is 0 Å². The van der Waals surface area contributed by atoms with E-state index < -0.39 is 5.60 Å². The molecule has 0 radical (unpaired) electrons. The molecular weight excluding hydrogens is 262 g/mol. The Morgan fingerprint density at radius 3 is 2.60 bits per heavy atom. The van der Waals surface area contributed by atoms with Crippen molar-refractivity contribution in [3.63, 3.8) is 0 Å². The second-order valence-corrected chi connectivity index (χ2v) is 5.51. The van der Waals surface area contributed by atoms with Gasteiger partial charge < -0.3 is 19.5 Å². The number of nitrogens with zero attached hydrogens (tertiary/aromatic N) is 2. The van der Waals surface area contributed by atoms with Crippen molar-refractivity contribution in [1.29, 1.82) is 0 Å². The fraction of sp³-hybridized carbons (Fsp3) is 0.846. The Bertz CT molecular complexity index is 348.